The van der Waals surface area contributed by atoms with Crippen molar-refractivity contribution in [3.05, 3.63) is 40.3 Å². The summed E-state index contributed by atoms with van der Waals surface area (Å²) in [6.45, 7) is 3.71. The average Bonchev–Trinajstić information content (AvgIpc) is 3.06. The van der Waals surface area contributed by atoms with Crippen LogP contribution in [-0.4, -0.2) is 39.3 Å². The van der Waals surface area contributed by atoms with E-state index in [-0.39, 0.29) is 5.56 Å². The number of aromatic nitrogens is 2. The van der Waals surface area contributed by atoms with Gasteiger partial charge in [0.2, 0.25) is 0 Å². The molecular weight excluding hydrogens is 320 g/mol. The number of aliphatic hydroxyl groups is 1. The summed E-state index contributed by atoms with van der Waals surface area (Å²) in [4.78, 5) is 16.7. The normalized spacial score (nSPS) is 21.8. The monoisotopic (exact) mass is 344 g/mol. The molecule has 134 valence electrons. The molecule has 2 aromatic rings. The van der Waals surface area contributed by atoms with Crippen LogP contribution in [0.3, 0.4) is 0 Å². The summed E-state index contributed by atoms with van der Waals surface area (Å²) in [6.07, 6.45) is 5.00. The van der Waals surface area contributed by atoms with Crippen molar-refractivity contribution in [3.63, 3.8) is 0 Å². The van der Waals surface area contributed by atoms with Gasteiger partial charge in [0, 0.05) is 31.6 Å². The van der Waals surface area contributed by atoms with Gasteiger partial charge in [0.1, 0.15) is 0 Å². The number of fused-ring (bicyclic) bond motifs is 1. The van der Waals surface area contributed by atoms with Crippen molar-refractivity contribution >= 4 is 11.0 Å². The van der Waals surface area contributed by atoms with Gasteiger partial charge in [-0.1, -0.05) is 0 Å². The molecule has 1 N–H and O–H groups in total. The minimum atomic E-state index is -0.778. The highest BCUT2D eigenvalue weighted by Gasteiger charge is 2.45. The molecule has 4 rings (SSSR count). The summed E-state index contributed by atoms with van der Waals surface area (Å²) in [7, 11) is 0. The number of ether oxygens (including phenoxy) is 2. The lowest BCUT2D eigenvalue weighted by Gasteiger charge is -2.40. The minimum absolute atomic E-state index is 0.0572. The summed E-state index contributed by atoms with van der Waals surface area (Å²) < 4.78 is 13.2. The third kappa shape index (κ3) is 3.21. The summed E-state index contributed by atoms with van der Waals surface area (Å²) in [5.41, 5.74) is 1.80. The summed E-state index contributed by atoms with van der Waals surface area (Å²) in [5.74, 6) is -0.483. The van der Waals surface area contributed by atoms with Crippen LogP contribution in [0.25, 0.3) is 11.0 Å². The van der Waals surface area contributed by atoms with Crippen LogP contribution in [0.2, 0.25) is 0 Å². The van der Waals surface area contributed by atoms with Gasteiger partial charge in [-0.25, -0.2) is 0 Å². The van der Waals surface area contributed by atoms with Crippen molar-refractivity contribution in [1.82, 2.24) is 9.55 Å². The molecule has 6 heteroatoms. The molecule has 0 amide bonds. The van der Waals surface area contributed by atoms with Gasteiger partial charge in [0.15, 0.2) is 5.79 Å². The first-order valence-corrected chi connectivity index (χ1v) is 8.95. The minimum Gasteiger partial charge on any atom is -0.390 e. The molecule has 0 atom stereocenters. The van der Waals surface area contributed by atoms with Gasteiger partial charge >= 0.3 is 0 Å². The molecule has 2 fully saturated rings. The zero-order chi connectivity index (χ0) is 17.5. The van der Waals surface area contributed by atoms with E-state index in [4.69, 9.17) is 9.47 Å². The second-order valence-corrected chi connectivity index (χ2v) is 7.32. The van der Waals surface area contributed by atoms with Crippen molar-refractivity contribution in [2.75, 3.05) is 13.2 Å². The molecular formula is C19H24N2O4. The van der Waals surface area contributed by atoms with Gasteiger partial charge in [0.25, 0.3) is 5.56 Å². The van der Waals surface area contributed by atoms with E-state index in [0.29, 0.717) is 51.9 Å². The Morgan fingerprint density at radius 3 is 2.64 bits per heavy atom. The molecule has 3 heterocycles. The second kappa shape index (κ2) is 6.20. The molecule has 1 saturated heterocycles. The summed E-state index contributed by atoms with van der Waals surface area (Å²) in [5, 5.41) is 11.0. The van der Waals surface area contributed by atoms with E-state index < -0.39 is 11.4 Å². The second-order valence-electron chi connectivity index (χ2n) is 7.32. The number of rotatable bonds is 3. The lowest BCUT2D eigenvalue weighted by Crippen LogP contribution is -2.44. The Kier molecular flexibility index (Phi) is 4.14. The van der Waals surface area contributed by atoms with Crippen LogP contribution in [0.1, 0.15) is 37.7 Å². The van der Waals surface area contributed by atoms with Gasteiger partial charge in [-0.3, -0.25) is 9.78 Å². The Hall–Kier alpha value is -1.76. The molecule has 0 radical (unpaired) electrons. The number of hydrogen-bond acceptors (Lipinski definition) is 5. The van der Waals surface area contributed by atoms with Crippen LogP contribution in [-0.2, 0) is 16.0 Å². The zero-order valence-electron chi connectivity index (χ0n) is 14.5. The first-order chi connectivity index (χ1) is 12.0. The third-order valence-corrected chi connectivity index (χ3v) is 5.53. The molecule has 0 bridgehead atoms. The van der Waals surface area contributed by atoms with Gasteiger partial charge in [-0.15, -0.1) is 0 Å². The van der Waals surface area contributed by atoms with Crippen LogP contribution in [0.15, 0.2) is 29.2 Å². The van der Waals surface area contributed by atoms with E-state index in [1.165, 1.54) is 0 Å². The van der Waals surface area contributed by atoms with Gasteiger partial charge in [0.05, 0.1) is 29.8 Å². The first-order valence-electron chi connectivity index (χ1n) is 8.95. The predicted octanol–water partition coefficient (Wildman–Crippen LogP) is 2.14. The number of pyridine rings is 2. The van der Waals surface area contributed by atoms with Crippen LogP contribution in [0.4, 0.5) is 0 Å². The highest BCUT2D eigenvalue weighted by atomic mass is 16.7. The van der Waals surface area contributed by atoms with Crippen molar-refractivity contribution in [1.29, 1.82) is 0 Å². The maximum absolute atomic E-state index is 12.3. The largest absolute Gasteiger partial charge is 0.390 e. The highest BCUT2D eigenvalue weighted by molar-refractivity contribution is 5.74. The molecule has 2 aromatic heterocycles. The van der Waals surface area contributed by atoms with Crippen LogP contribution >= 0.6 is 0 Å². The molecule has 1 spiro atoms. The van der Waals surface area contributed by atoms with Crippen LogP contribution in [0.5, 0.6) is 0 Å². The molecule has 0 unspecified atom stereocenters. The van der Waals surface area contributed by atoms with E-state index in [1.54, 1.807) is 22.9 Å². The standard InChI is InChI=1S/C19H24N2O4/c1-14-12-16-15(20-13-14)2-3-17(22)21(16)9-8-18(23)4-6-19(7-5-18)24-10-11-25-19/h2-3,12-13,23H,4-11H2,1H3. The van der Waals surface area contributed by atoms with E-state index in [0.717, 1.165) is 16.6 Å². The van der Waals surface area contributed by atoms with Crippen molar-refractivity contribution in [3.8, 4) is 0 Å². The van der Waals surface area contributed by atoms with Crippen molar-refractivity contribution in [2.45, 2.75) is 57.0 Å². The third-order valence-electron chi connectivity index (χ3n) is 5.53. The van der Waals surface area contributed by atoms with Gasteiger partial charge in [-0.2, -0.15) is 0 Å². The number of hydrogen-bond donors (Lipinski definition) is 1. The maximum Gasteiger partial charge on any atom is 0.251 e. The summed E-state index contributed by atoms with van der Waals surface area (Å²) >= 11 is 0. The Morgan fingerprint density at radius 2 is 1.92 bits per heavy atom. The van der Waals surface area contributed by atoms with E-state index in [1.807, 2.05) is 13.0 Å². The molecule has 1 aliphatic carbocycles. The first kappa shape index (κ1) is 16.7. The van der Waals surface area contributed by atoms with Crippen molar-refractivity contribution < 1.29 is 14.6 Å². The lowest BCUT2D eigenvalue weighted by molar-refractivity contribution is -0.203. The molecule has 0 aromatic carbocycles. The fourth-order valence-corrected chi connectivity index (χ4v) is 3.95. The topological polar surface area (TPSA) is 73.6 Å². The lowest BCUT2D eigenvalue weighted by atomic mass is 9.79. The Balaban J connectivity index is 1.51. The molecule has 1 aliphatic heterocycles. The van der Waals surface area contributed by atoms with Gasteiger partial charge < -0.3 is 19.1 Å². The quantitative estimate of drug-likeness (QED) is 0.923. The smallest absolute Gasteiger partial charge is 0.251 e. The van der Waals surface area contributed by atoms with Crippen LogP contribution < -0.4 is 5.56 Å². The average molecular weight is 344 g/mol. The van der Waals surface area contributed by atoms with E-state index in [2.05, 4.69) is 4.98 Å². The zero-order valence-corrected chi connectivity index (χ0v) is 14.5. The SMILES string of the molecule is Cc1cnc2ccc(=O)n(CCC3(O)CCC4(CC3)OCCO4)c2c1. The van der Waals surface area contributed by atoms with E-state index >= 15 is 0 Å². The van der Waals surface area contributed by atoms with E-state index in [9.17, 15) is 9.90 Å². The fraction of sp³-hybridized carbons (Fsp3) is 0.579. The molecule has 25 heavy (non-hydrogen) atoms. The fourth-order valence-electron chi connectivity index (χ4n) is 3.95. The van der Waals surface area contributed by atoms with Crippen LogP contribution in [0, 0.1) is 6.92 Å². The highest BCUT2D eigenvalue weighted by Crippen LogP contribution is 2.41. The Morgan fingerprint density at radius 1 is 1.20 bits per heavy atom. The molecule has 2 aliphatic rings. The molecule has 1 saturated carbocycles. The Labute approximate surface area is 146 Å². The predicted molar refractivity (Wildman–Crippen MR) is 93.4 cm³/mol. The Bertz CT molecular complexity index is 829. The number of aryl methyl sites for hydroxylation is 2. The maximum atomic E-state index is 12.3. The van der Waals surface area contributed by atoms with Crippen molar-refractivity contribution in [2.24, 2.45) is 0 Å². The number of nitrogens with zero attached hydrogens (tertiary/aromatic N) is 2. The van der Waals surface area contributed by atoms with Gasteiger partial charge in [-0.05, 0) is 43.9 Å². The summed E-state index contributed by atoms with van der Waals surface area (Å²) in [6, 6.07) is 5.27. The molecule has 6 nitrogen and oxygen atoms in total.